The van der Waals surface area contributed by atoms with E-state index in [1.165, 1.54) is 38.5 Å². The average Bonchev–Trinajstić information content (AvgIpc) is 3.06. The van der Waals surface area contributed by atoms with Crippen LogP contribution in [0.2, 0.25) is 0 Å². The predicted octanol–water partition coefficient (Wildman–Crippen LogP) is 3.15. The molecule has 1 saturated carbocycles. The highest BCUT2D eigenvalue weighted by molar-refractivity contribution is 5.30. The van der Waals surface area contributed by atoms with Crippen LogP contribution in [0.5, 0.6) is 0 Å². The zero-order valence-electron chi connectivity index (χ0n) is 11.9. The molecular formula is C15H25N3O. The molecule has 106 valence electrons. The van der Waals surface area contributed by atoms with Crippen molar-refractivity contribution in [3.8, 4) is 0 Å². The van der Waals surface area contributed by atoms with Crippen LogP contribution < -0.4 is 5.32 Å². The van der Waals surface area contributed by atoms with E-state index in [9.17, 15) is 0 Å². The van der Waals surface area contributed by atoms with Gasteiger partial charge in [-0.05, 0) is 38.5 Å². The van der Waals surface area contributed by atoms with Gasteiger partial charge in [-0.15, -0.1) is 0 Å². The molecule has 2 fully saturated rings. The number of nitrogens with zero attached hydrogens (tertiary/aromatic N) is 2. The Kier molecular flexibility index (Phi) is 4.06. The van der Waals surface area contributed by atoms with Crippen molar-refractivity contribution in [2.45, 2.75) is 51.5 Å². The number of hydrogen-bond donors (Lipinski definition) is 1. The summed E-state index contributed by atoms with van der Waals surface area (Å²) in [5, 5.41) is 3.58. The molecule has 0 radical (unpaired) electrons. The number of aryl methyl sites for hydroxylation is 1. The Labute approximate surface area is 115 Å². The highest BCUT2D eigenvalue weighted by Crippen LogP contribution is 2.32. The van der Waals surface area contributed by atoms with Crippen molar-refractivity contribution in [1.29, 1.82) is 0 Å². The van der Waals surface area contributed by atoms with Crippen molar-refractivity contribution in [2.75, 3.05) is 25.1 Å². The van der Waals surface area contributed by atoms with Crippen molar-refractivity contribution in [3.63, 3.8) is 0 Å². The minimum Gasteiger partial charge on any atom is -0.381 e. The average molecular weight is 263 g/mol. The number of hydrogen-bond acceptors (Lipinski definition) is 3. The van der Waals surface area contributed by atoms with Gasteiger partial charge in [0, 0.05) is 32.0 Å². The Hall–Kier alpha value is -1.03. The fourth-order valence-corrected chi connectivity index (χ4v) is 3.29. The number of aromatic nitrogens is 2. The summed E-state index contributed by atoms with van der Waals surface area (Å²) in [6.07, 6.45) is 9.90. The lowest BCUT2D eigenvalue weighted by molar-refractivity contribution is 0.0698. The highest BCUT2D eigenvalue weighted by atomic mass is 16.5. The summed E-state index contributed by atoms with van der Waals surface area (Å²) < 4.78 is 7.79. The Morgan fingerprint density at radius 1 is 1.26 bits per heavy atom. The molecule has 1 saturated heterocycles. The highest BCUT2D eigenvalue weighted by Gasteiger charge is 2.21. The van der Waals surface area contributed by atoms with Gasteiger partial charge in [0.25, 0.3) is 0 Å². The Morgan fingerprint density at radius 2 is 2.00 bits per heavy atom. The maximum Gasteiger partial charge on any atom is 0.203 e. The number of rotatable bonds is 4. The zero-order valence-corrected chi connectivity index (χ0v) is 11.9. The van der Waals surface area contributed by atoms with Gasteiger partial charge in [-0.25, -0.2) is 4.98 Å². The number of anilines is 1. The van der Waals surface area contributed by atoms with E-state index in [4.69, 9.17) is 4.74 Å². The van der Waals surface area contributed by atoms with Gasteiger partial charge >= 0.3 is 0 Å². The number of nitrogens with one attached hydrogen (secondary N) is 1. The van der Waals surface area contributed by atoms with Crippen LogP contribution in [-0.4, -0.2) is 29.3 Å². The first-order valence-corrected chi connectivity index (χ1v) is 7.70. The first-order valence-electron chi connectivity index (χ1n) is 7.70. The van der Waals surface area contributed by atoms with Gasteiger partial charge in [-0.1, -0.05) is 12.8 Å². The molecule has 4 nitrogen and oxygen atoms in total. The van der Waals surface area contributed by atoms with Crippen LogP contribution in [0.3, 0.4) is 0 Å². The molecule has 1 aliphatic carbocycles. The number of ether oxygens (including phenoxy) is 1. The lowest BCUT2D eigenvalue weighted by Crippen LogP contribution is -2.24. The van der Waals surface area contributed by atoms with Crippen LogP contribution in [0.4, 0.5) is 5.95 Å². The summed E-state index contributed by atoms with van der Waals surface area (Å²) in [5.74, 6) is 1.82. The number of imidazole rings is 1. The van der Waals surface area contributed by atoms with Crippen LogP contribution in [0, 0.1) is 12.8 Å². The van der Waals surface area contributed by atoms with Gasteiger partial charge in [-0.3, -0.25) is 0 Å². The molecule has 1 aromatic rings. The Morgan fingerprint density at radius 3 is 2.74 bits per heavy atom. The molecule has 4 heteroatoms. The maximum absolute atomic E-state index is 5.41. The summed E-state index contributed by atoms with van der Waals surface area (Å²) in [6, 6.07) is 0.665. The van der Waals surface area contributed by atoms with Crippen molar-refractivity contribution < 1.29 is 4.74 Å². The molecule has 0 aromatic carbocycles. The molecule has 1 aliphatic heterocycles. The molecule has 19 heavy (non-hydrogen) atoms. The third kappa shape index (κ3) is 3.11. The van der Waals surface area contributed by atoms with Crippen LogP contribution in [0.15, 0.2) is 6.20 Å². The van der Waals surface area contributed by atoms with E-state index in [1.54, 1.807) is 0 Å². The molecule has 0 bridgehead atoms. The second-order valence-corrected chi connectivity index (χ2v) is 5.99. The van der Waals surface area contributed by atoms with Crippen LogP contribution in [0.25, 0.3) is 0 Å². The van der Waals surface area contributed by atoms with Crippen molar-refractivity contribution in [3.05, 3.63) is 11.9 Å². The van der Waals surface area contributed by atoms with Gasteiger partial charge in [0.2, 0.25) is 5.95 Å². The molecule has 2 heterocycles. The summed E-state index contributed by atoms with van der Waals surface area (Å²) >= 11 is 0. The molecule has 0 atom stereocenters. The largest absolute Gasteiger partial charge is 0.381 e. The van der Waals surface area contributed by atoms with Gasteiger partial charge < -0.3 is 14.6 Å². The lowest BCUT2D eigenvalue weighted by atomic mass is 10.0. The van der Waals surface area contributed by atoms with E-state index in [2.05, 4.69) is 28.0 Å². The first kappa shape index (κ1) is 13.0. The smallest absolute Gasteiger partial charge is 0.203 e. The maximum atomic E-state index is 5.41. The SMILES string of the molecule is Cc1cn(C2CCCC2)c(NCC2CCOCC2)n1. The standard InChI is InChI=1S/C15H25N3O/c1-12-11-18(14-4-2-3-5-14)15(17-12)16-10-13-6-8-19-9-7-13/h11,13-14H,2-10H2,1H3,(H,16,17). The molecule has 3 rings (SSSR count). The van der Waals surface area contributed by atoms with E-state index in [1.807, 2.05) is 0 Å². The lowest BCUT2D eigenvalue weighted by Gasteiger charge is -2.23. The molecule has 2 aliphatic rings. The minimum absolute atomic E-state index is 0.665. The third-order valence-electron chi connectivity index (χ3n) is 4.46. The van der Waals surface area contributed by atoms with E-state index in [0.717, 1.165) is 37.3 Å². The topological polar surface area (TPSA) is 39.1 Å². The molecular weight excluding hydrogens is 238 g/mol. The van der Waals surface area contributed by atoms with Gasteiger partial charge in [-0.2, -0.15) is 0 Å². The molecule has 1 aromatic heterocycles. The summed E-state index contributed by atoms with van der Waals surface area (Å²) in [7, 11) is 0. The third-order valence-corrected chi connectivity index (χ3v) is 4.46. The summed E-state index contributed by atoms with van der Waals surface area (Å²) in [4.78, 5) is 4.66. The molecule has 0 unspecified atom stereocenters. The predicted molar refractivity (Wildman–Crippen MR) is 76.5 cm³/mol. The van der Waals surface area contributed by atoms with Crippen molar-refractivity contribution in [2.24, 2.45) is 5.92 Å². The fraction of sp³-hybridized carbons (Fsp3) is 0.800. The van der Waals surface area contributed by atoms with Crippen LogP contribution in [0.1, 0.15) is 50.3 Å². The Balaban J connectivity index is 1.62. The van der Waals surface area contributed by atoms with Gasteiger partial charge in [0.1, 0.15) is 0 Å². The van der Waals surface area contributed by atoms with Crippen molar-refractivity contribution >= 4 is 5.95 Å². The van der Waals surface area contributed by atoms with Gasteiger partial charge in [0.15, 0.2) is 0 Å². The second-order valence-electron chi connectivity index (χ2n) is 5.99. The Bertz CT molecular complexity index is 404. The quantitative estimate of drug-likeness (QED) is 0.907. The van der Waals surface area contributed by atoms with Crippen LogP contribution in [-0.2, 0) is 4.74 Å². The molecule has 1 N–H and O–H groups in total. The second kappa shape index (κ2) is 5.95. The molecule has 0 spiro atoms. The van der Waals surface area contributed by atoms with E-state index in [0.29, 0.717) is 6.04 Å². The minimum atomic E-state index is 0.665. The van der Waals surface area contributed by atoms with Crippen LogP contribution >= 0.6 is 0 Å². The molecule has 0 amide bonds. The van der Waals surface area contributed by atoms with Crippen molar-refractivity contribution in [1.82, 2.24) is 9.55 Å². The van der Waals surface area contributed by atoms with E-state index < -0.39 is 0 Å². The van der Waals surface area contributed by atoms with E-state index in [-0.39, 0.29) is 0 Å². The zero-order chi connectivity index (χ0) is 13.1. The normalized spacial score (nSPS) is 21.9. The van der Waals surface area contributed by atoms with E-state index >= 15 is 0 Å². The summed E-state index contributed by atoms with van der Waals surface area (Å²) in [6.45, 7) is 4.96. The van der Waals surface area contributed by atoms with Gasteiger partial charge in [0.05, 0.1) is 5.69 Å². The summed E-state index contributed by atoms with van der Waals surface area (Å²) in [5.41, 5.74) is 1.13. The fourth-order valence-electron chi connectivity index (χ4n) is 3.29. The first-order chi connectivity index (χ1) is 9.33. The monoisotopic (exact) mass is 263 g/mol.